The molecule has 0 amide bonds. The third-order valence-electron chi connectivity index (χ3n) is 1.93. The van der Waals surface area contributed by atoms with Gasteiger partial charge in [0.15, 0.2) is 0 Å². The van der Waals surface area contributed by atoms with Gasteiger partial charge < -0.3 is 9.64 Å². The molecule has 0 unspecified atom stereocenters. The van der Waals surface area contributed by atoms with Crippen molar-refractivity contribution in [2.45, 2.75) is 13.3 Å². The summed E-state index contributed by atoms with van der Waals surface area (Å²) < 4.78 is 5.25. The van der Waals surface area contributed by atoms with E-state index in [2.05, 4.69) is 23.4 Å². The van der Waals surface area contributed by atoms with Crippen LogP contribution >= 0.6 is 0 Å². The van der Waals surface area contributed by atoms with Gasteiger partial charge in [-0.15, -0.1) is 0 Å². The molecule has 0 aromatic carbocycles. The number of nitrogens with zero attached hydrogens (tertiary/aromatic N) is 2. The first-order chi connectivity index (χ1) is 5.88. The maximum atomic E-state index is 5.25. The summed E-state index contributed by atoms with van der Waals surface area (Å²) in [5.74, 6) is 1.12. The van der Waals surface area contributed by atoms with Gasteiger partial charge in [0, 0.05) is 25.7 Å². The molecule has 1 fully saturated rings. The SMILES string of the molecule is C=CN=C(CC)N1CCOCC1. The van der Waals surface area contributed by atoms with Gasteiger partial charge in [0.1, 0.15) is 5.84 Å². The van der Waals surface area contributed by atoms with Gasteiger partial charge in [0.2, 0.25) is 0 Å². The fourth-order valence-electron chi connectivity index (χ4n) is 1.32. The van der Waals surface area contributed by atoms with Gasteiger partial charge in [-0.2, -0.15) is 0 Å². The second-order valence-electron chi connectivity index (χ2n) is 2.68. The lowest BCUT2D eigenvalue weighted by atomic mass is 10.3. The first-order valence-corrected chi connectivity index (χ1v) is 4.38. The van der Waals surface area contributed by atoms with Crippen molar-refractivity contribution >= 4 is 5.84 Å². The van der Waals surface area contributed by atoms with E-state index in [9.17, 15) is 0 Å². The number of amidine groups is 1. The van der Waals surface area contributed by atoms with E-state index in [1.165, 1.54) is 0 Å². The molecule has 0 bridgehead atoms. The number of hydrogen-bond acceptors (Lipinski definition) is 2. The third kappa shape index (κ3) is 2.34. The number of rotatable bonds is 2. The van der Waals surface area contributed by atoms with E-state index in [1.807, 2.05) is 0 Å². The van der Waals surface area contributed by atoms with Gasteiger partial charge in [0.25, 0.3) is 0 Å². The van der Waals surface area contributed by atoms with Crippen molar-refractivity contribution < 1.29 is 4.74 Å². The summed E-state index contributed by atoms with van der Waals surface area (Å²) in [6.45, 7) is 9.26. The molecule has 0 aromatic heterocycles. The Balaban J connectivity index is 2.51. The van der Waals surface area contributed by atoms with Crippen LogP contribution in [0, 0.1) is 0 Å². The monoisotopic (exact) mass is 168 g/mol. The second kappa shape index (κ2) is 4.93. The lowest BCUT2D eigenvalue weighted by molar-refractivity contribution is 0.0673. The molecule has 1 heterocycles. The summed E-state index contributed by atoms with van der Waals surface area (Å²) in [5.41, 5.74) is 0. The molecule has 0 N–H and O–H groups in total. The van der Waals surface area contributed by atoms with Crippen molar-refractivity contribution in [3.8, 4) is 0 Å². The first kappa shape index (κ1) is 9.26. The molecule has 3 nitrogen and oxygen atoms in total. The third-order valence-corrected chi connectivity index (χ3v) is 1.93. The molecule has 3 heteroatoms. The Morgan fingerprint density at radius 2 is 2.25 bits per heavy atom. The lowest BCUT2D eigenvalue weighted by Gasteiger charge is -2.29. The van der Waals surface area contributed by atoms with Gasteiger partial charge in [-0.1, -0.05) is 13.5 Å². The van der Waals surface area contributed by atoms with Crippen LogP contribution in [-0.2, 0) is 4.74 Å². The van der Waals surface area contributed by atoms with E-state index < -0.39 is 0 Å². The maximum absolute atomic E-state index is 5.25. The second-order valence-corrected chi connectivity index (χ2v) is 2.68. The van der Waals surface area contributed by atoms with Crippen molar-refractivity contribution in [1.82, 2.24) is 4.90 Å². The highest BCUT2D eigenvalue weighted by Gasteiger charge is 2.12. The summed E-state index contributed by atoms with van der Waals surface area (Å²) in [6, 6.07) is 0. The topological polar surface area (TPSA) is 24.8 Å². The first-order valence-electron chi connectivity index (χ1n) is 4.38. The molecule has 1 aliphatic rings. The Bertz CT molecular complexity index is 171. The lowest BCUT2D eigenvalue weighted by Crippen LogP contribution is -2.40. The van der Waals surface area contributed by atoms with Crippen molar-refractivity contribution in [1.29, 1.82) is 0 Å². The summed E-state index contributed by atoms with van der Waals surface area (Å²) >= 11 is 0. The zero-order chi connectivity index (χ0) is 8.81. The molecule has 0 aliphatic carbocycles. The average molecular weight is 168 g/mol. The minimum atomic E-state index is 0.816. The predicted molar refractivity (Wildman–Crippen MR) is 50.3 cm³/mol. The Morgan fingerprint density at radius 1 is 1.58 bits per heavy atom. The van der Waals surface area contributed by atoms with E-state index >= 15 is 0 Å². The van der Waals surface area contributed by atoms with Gasteiger partial charge in [-0.25, -0.2) is 4.99 Å². The van der Waals surface area contributed by atoms with E-state index in [4.69, 9.17) is 4.74 Å². The molecule has 0 saturated carbocycles. The number of ether oxygens (including phenoxy) is 1. The van der Waals surface area contributed by atoms with E-state index in [0.29, 0.717) is 0 Å². The van der Waals surface area contributed by atoms with Gasteiger partial charge in [-0.05, 0) is 0 Å². The zero-order valence-corrected chi connectivity index (χ0v) is 7.62. The molecule has 0 atom stereocenters. The van der Waals surface area contributed by atoms with E-state index in [0.717, 1.165) is 38.6 Å². The minimum absolute atomic E-state index is 0.816. The molecule has 0 aromatic rings. The number of morpholine rings is 1. The molecule has 12 heavy (non-hydrogen) atoms. The molecule has 68 valence electrons. The minimum Gasteiger partial charge on any atom is -0.378 e. The van der Waals surface area contributed by atoms with Gasteiger partial charge >= 0.3 is 0 Å². The van der Waals surface area contributed by atoms with Crippen LogP contribution in [0.1, 0.15) is 13.3 Å². The normalized spacial score (nSPS) is 19.4. The molecule has 1 saturated heterocycles. The molecule has 1 aliphatic heterocycles. The van der Waals surface area contributed by atoms with Crippen molar-refractivity contribution in [3.05, 3.63) is 12.8 Å². The summed E-state index contributed by atoms with van der Waals surface area (Å²) in [6.07, 6.45) is 2.57. The highest BCUT2D eigenvalue weighted by atomic mass is 16.5. The van der Waals surface area contributed by atoms with Crippen LogP contribution in [0.3, 0.4) is 0 Å². The van der Waals surface area contributed by atoms with E-state index in [1.54, 1.807) is 6.20 Å². The van der Waals surface area contributed by atoms with Crippen LogP contribution in [-0.4, -0.2) is 37.0 Å². The summed E-state index contributed by atoms with van der Waals surface area (Å²) in [4.78, 5) is 6.47. The maximum Gasteiger partial charge on any atom is 0.104 e. The summed E-state index contributed by atoms with van der Waals surface area (Å²) in [5, 5.41) is 0. The average Bonchev–Trinajstić information content (AvgIpc) is 2.15. The molecule has 0 spiro atoms. The fraction of sp³-hybridized carbons (Fsp3) is 0.667. The van der Waals surface area contributed by atoms with Crippen LogP contribution in [0.5, 0.6) is 0 Å². The molecule has 0 radical (unpaired) electrons. The highest BCUT2D eigenvalue weighted by molar-refractivity contribution is 5.82. The molecule has 1 rings (SSSR count). The van der Waals surface area contributed by atoms with Crippen molar-refractivity contribution in [2.24, 2.45) is 4.99 Å². The smallest absolute Gasteiger partial charge is 0.104 e. The largest absolute Gasteiger partial charge is 0.378 e. The van der Waals surface area contributed by atoms with Gasteiger partial charge in [-0.3, -0.25) is 0 Å². The Kier molecular flexibility index (Phi) is 3.80. The van der Waals surface area contributed by atoms with Crippen LogP contribution in [0.15, 0.2) is 17.8 Å². The van der Waals surface area contributed by atoms with Crippen molar-refractivity contribution in [3.63, 3.8) is 0 Å². The van der Waals surface area contributed by atoms with Gasteiger partial charge in [0.05, 0.1) is 13.2 Å². The van der Waals surface area contributed by atoms with Crippen LogP contribution in [0.4, 0.5) is 0 Å². The van der Waals surface area contributed by atoms with Crippen LogP contribution < -0.4 is 0 Å². The Labute approximate surface area is 73.7 Å². The standard InChI is InChI=1S/C9H16N2O/c1-3-9(10-4-2)11-5-7-12-8-6-11/h4H,2-3,5-8H2,1H3. The fourth-order valence-corrected chi connectivity index (χ4v) is 1.32. The zero-order valence-electron chi connectivity index (χ0n) is 7.62. The van der Waals surface area contributed by atoms with Crippen LogP contribution in [0.2, 0.25) is 0 Å². The Morgan fingerprint density at radius 3 is 2.75 bits per heavy atom. The van der Waals surface area contributed by atoms with E-state index in [-0.39, 0.29) is 0 Å². The van der Waals surface area contributed by atoms with Crippen LogP contribution in [0.25, 0.3) is 0 Å². The Hall–Kier alpha value is -0.830. The predicted octanol–water partition coefficient (Wildman–Crippen LogP) is 1.27. The quantitative estimate of drug-likeness (QED) is 0.458. The molecular weight excluding hydrogens is 152 g/mol. The summed E-state index contributed by atoms with van der Waals surface area (Å²) in [7, 11) is 0. The van der Waals surface area contributed by atoms with Crippen molar-refractivity contribution in [2.75, 3.05) is 26.3 Å². The number of hydrogen-bond donors (Lipinski definition) is 0. The molecular formula is C9H16N2O. The number of aliphatic imine (C=N–C) groups is 1. The highest BCUT2D eigenvalue weighted by Crippen LogP contribution is 2.01.